The maximum atomic E-state index is 14.7. The molecule has 2 fully saturated rings. The van der Waals surface area contributed by atoms with E-state index in [-0.39, 0.29) is 10.8 Å². The van der Waals surface area contributed by atoms with Crippen LogP contribution in [-0.4, -0.2) is 64.7 Å². The van der Waals surface area contributed by atoms with E-state index in [1.165, 1.54) is 18.6 Å². The van der Waals surface area contributed by atoms with Crippen LogP contribution in [0.1, 0.15) is 58.1 Å². The Labute approximate surface area is 248 Å². The SMILES string of the molecule is C=C(c1c(C)cc(F)cc1N(C)S(=O)c1ccn(S(=O)C(C)C)c1)N1CCN(c2ncccn2)CC12CC2.CCC. The monoisotopic (exact) mass is 600 g/mol. The summed E-state index contributed by atoms with van der Waals surface area (Å²) in [7, 11) is -1.21. The molecule has 5 rings (SSSR count). The summed E-state index contributed by atoms with van der Waals surface area (Å²) in [6, 6.07) is 6.42. The van der Waals surface area contributed by atoms with Gasteiger partial charge in [0, 0.05) is 68.0 Å². The number of rotatable bonds is 8. The second-order valence-electron chi connectivity index (χ2n) is 10.9. The molecule has 2 atom stereocenters. The van der Waals surface area contributed by atoms with Crippen LogP contribution in [-0.2, 0) is 22.0 Å². The Morgan fingerprint density at radius 3 is 2.44 bits per heavy atom. The van der Waals surface area contributed by atoms with E-state index >= 15 is 0 Å². The summed E-state index contributed by atoms with van der Waals surface area (Å²) in [5.74, 6) is 0.326. The Morgan fingerprint density at radius 1 is 1.17 bits per heavy atom. The second-order valence-corrected chi connectivity index (χ2v) is 14.3. The highest BCUT2D eigenvalue weighted by Gasteiger charge is 2.52. The molecule has 0 amide bonds. The van der Waals surface area contributed by atoms with Crippen LogP contribution in [0.5, 0.6) is 0 Å². The molecule has 1 aliphatic heterocycles. The van der Waals surface area contributed by atoms with Gasteiger partial charge in [-0.1, -0.05) is 26.8 Å². The van der Waals surface area contributed by atoms with Crippen molar-refractivity contribution in [1.82, 2.24) is 18.8 Å². The largest absolute Gasteiger partial charge is 0.362 e. The molecule has 2 aliphatic rings. The Balaban J connectivity index is 0.00000124. The van der Waals surface area contributed by atoms with Gasteiger partial charge in [0.15, 0.2) is 11.0 Å². The standard InChI is InChI=1S/C27H33FN6O2S2.C3H8/c1-19(2)37(35)33-12-7-23(17-33)38(36)31(5)24-16-22(28)15-20(3)25(24)21(4)34-14-13-32(18-27(34)8-9-27)26-29-10-6-11-30-26;1-3-2/h6-7,10-12,15-17,19H,4,8-9,13-14,18H2,1-3,5H3;3H2,1-2H3. The lowest BCUT2D eigenvalue weighted by Crippen LogP contribution is -2.54. The molecule has 0 N–H and O–H groups in total. The van der Waals surface area contributed by atoms with E-state index in [2.05, 4.69) is 40.2 Å². The van der Waals surface area contributed by atoms with Gasteiger partial charge in [0.1, 0.15) is 16.8 Å². The molecule has 11 heteroatoms. The Morgan fingerprint density at radius 2 is 1.83 bits per heavy atom. The summed E-state index contributed by atoms with van der Waals surface area (Å²) in [4.78, 5) is 13.9. The average molecular weight is 601 g/mol. The third kappa shape index (κ3) is 6.56. The van der Waals surface area contributed by atoms with Crippen LogP contribution in [0.3, 0.4) is 0 Å². The third-order valence-electron chi connectivity index (χ3n) is 7.25. The highest BCUT2D eigenvalue weighted by atomic mass is 32.2. The summed E-state index contributed by atoms with van der Waals surface area (Å²) in [6.45, 7) is 16.6. The van der Waals surface area contributed by atoms with E-state index < -0.39 is 27.8 Å². The maximum absolute atomic E-state index is 14.7. The quantitative estimate of drug-likeness (QED) is 0.338. The number of nitrogens with zero attached hydrogens (tertiary/aromatic N) is 6. The van der Waals surface area contributed by atoms with Crippen LogP contribution in [0, 0.1) is 12.7 Å². The molecule has 2 aromatic heterocycles. The molecule has 3 aromatic rings. The molecule has 8 nitrogen and oxygen atoms in total. The first kappa shape index (κ1) is 30.9. The van der Waals surface area contributed by atoms with Gasteiger partial charge in [-0.05, 0) is 63.4 Å². The Hall–Kier alpha value is -3.05. The van der Waals surface area contributed by atoms with E-state index in [4.69, 9.17) is 0 Å². The van der Waals surface area contributed by atoms with Gasteiger partial charge < -0.3 is 9.80 Å². The van der Waals surface area contributed by atoms with Crippen molar-refractivity contribution in [2.45, 2.75) is 69.6 Å². The summed E-state index contributed by atoms with van der Waals surface area (Å²) in [5.41, 5.74) is 2.74. The van der Waals surface area contributed by atoms with Crippen LogP contribution < -0.4 is 9.21 Å². The van der Waals surface area contributed by atoms with Gasteiger partial charge in [-0.2, -0.15) is 0 Å². The van der Waals surface area contributed by atoms with Crippen molar-refractivity contribution in [1.29, 1.82) is 0 Å². The lowest BCUT2D eigenvalue weighted by atomic mass is 9.99. The molecule has 1 aromatic carbocycles. The van der Waals surface area contributed by atoms with E-state index in [9.17, 15) is 12.8 Å². The predicted molar refractivity (Wildman–Crippen MR) is 167 cm³/mol. The van der Waals surface area contributed by atoms with E-state index in [1.807, 2.05) is 26.8 Å². The average Bonchev–Trinajstić information content (AvgIpc) is 3.52. The number of hydrogen-bond donors (Lipinski definition) is 0. The van der Waals surface area contributed by atoms with Gasteiger partial charge in [-0.15, -0.1) is 0 Å². The molecular formula is C30H41FN6O2S2. The maximum Gasteiger partial charge on any atom is 0.225 e. The zero-order chi connectivity index (χ0) is 29.9. The lowest BCUT2D eigenvalue weighted by Gasteiger charge is -2.45. The number of aromatic nitrogens is 3. The number of benzene rings is 1. The second kappa shape index (κ2) is 12.9. The minimum absolute atomic E-state index is 0.0779. The highest BCUT2D eigenvalue weighted by molar-refractivity contribution is 7.86. The molecule has 0 radical (unpaired) electrons. The molecule has 222 valence electrons. The van der Waals surface area contributed by atoms with E-state index in [1.54, 1.807) is 46.2 Å². The fourth-order valence-corrected chi connectivity index (χ4v) is 7.12. The predicted octanol–water partition coefficient (Wildman–Crippen LogP) is 5.55. The number of hydrogen-bond acceptors (Lipinski definition) is 6. The first-order valence-corrected chi connectivity index (χ1v) is 16.3. The number of aryl methyl sites for hydroxylation is 1. The molecule has 1 saturated carbocycles. The molecular weight excluding hydrogens is 560 g/mol. The van der Waals surface area contributed by atoms with Crippen LogP contribution in [0.2, 0.25) is 0 Å². The normalized spacial score (nSPS) is 17.2. The minimum atomic E-state index is -1.64. The van der Waals surface area contributed by atoms with Gasteiger partial charge in [-0.25, -0.2) is 22.8 Å². The summed E-state index contributed by atoms with van der Waals surface area (Å²) >= 11 is 0. The minimum Gasteiger partial charge on any atom is -0.362 e. The molecule has 3 heterocycles. The zero-order valence-corrected chi connectivity index (χ0v) is 26.5. The third-order valence-corrected chi connectivity index (χ3v) is 10.0. The number of piperazine rings is 1. The Kier molecular flexibility index (Phi) is 9.69. The first-order valence-electron chi connectivity index (χ1n) is 14.1. The fraction of sp³-hybridized carbons (Fsp3) is 0.467. The van der Waals surface area contributed by atoms with Crippen LogP contribution in [0.25, 0.3) is 5.70 Å². The van der Waals surface area contributed by atoms with Crippen molar-refractivity contribution >= 4 is 39.3 Å². The van der Waals surface area contributed by atoms with Crippen molar-refractivity contribution < 1.29 is 12.8 Å². The topological polar surface area (TPSA) is 74.6 Å². The molecule has 1 saturated heterocycles. The summed E-state index contributed by atoms with van der Waals surface area (Å²) < 4.78 is 43.9. The van der Waals surface area contributed by atoms with Crippen LogP contribution in [0.4, 0.5) is 16.0 Å². The van der Waals surface area contributed by atoms with Crippen molar-refractivity contribution in [3.63, 3.8) is 0 Å². The summed E-state index contributed by atoms with van der Waals surface area (Å²) in [6.07, 6.45) is 10.1. The zero-order valence-electron chi connectivity index (χ0n) is 24.8. The Bertz CT molecular complexity index is 1420. The highest BCUT2D eigenvalue weighted by Crippen LogP contribution is 2.49. The van der Waals surface area contributed by atoms with Crippen molar-refractivity contribution in [3.8, 4) is 0 Å². The van der Waals surface area contributed by atoms with E-state index in [0.29, 0.717) is 10.6 Å². The van der Waals surface area contributed by atoms with E-state index in [0.717, 1.165) is 55.2 Å². The van der Waals surface area contributed by atoms with Gasteiger partial charge in [0.05, 0.1) is 16.1 Å². The van der Waals surface area contributed by atoms with Gasteiger partial charge in [0.25, 0.3) is 0 Å². The van der Waals surface area contributed by atoms with Gasteiger partial charge >= 0.3 is 0 Å². The number of anilines is 2. The molecule has 0 bridgehead atoms. The van der Waals surface area contributed by atoms with Crippen molar-refractivity contribution in [2.75, 3.05) is 35.9 Å². The smallest absolute Gasteiger partial charge is 0.225 e. The first-order chi connectivity index (χ1) is 19.5. The van der Waals surface area contributed by atoms with Gasteiger partial charge in [-0.3, -0.25) is 8.28 Å². The molecule has 1 spiro atoms. The molecule has 2 unspecified atom stereocenters. The van der Waals surface area contributed by atoms with Crippen molar-refractivity contribution in [2.24, 2.45) is 0 Å². The molecule has 41 heavy (non-hydrogen) atoms. The summed E-state index contributed by atoms with van der Waals surface area (Å²) in [5, 5.41) is -0.0779. The fourth-order valence-electron chi connectivity index (χ4n) is 5.15. The van der Waals surface area contributed by atoms with Crippen LogP contribution >= 0.6 is 0 Å². The molecule has 1 aliphatic carbocycles. The van der Waals surface area contributed by atoms with Gasteiger partial charge in [0.2, 0.25) is 5.95 Å². The lowest BCUT2D eigenvalue weighted by molar-refractivity contribution is 0.243. The van der Waals surface area contributed by atoms with Crippen LogP contribution in [0.15, 0.2) is 60.5 Å². The number of halogens is 1. The van der Waals surface area contributed by atoms with Crippen molar-refractivity contribution in [3.05, 3.63) is 72.6 Å².